The van der Waals surface area contributed by atoms with Gasteiger partial charge in [-0.2, -0.15) is 10.2 Å². The van der Waals surface area contributed by atoms with Crippen LogP contribution in [0.1, 0.15) is 25.4 Å². The van der Waals surface area contributed by atoms with Crippen molar-refractivity contribution in [3.8, 4) is 0 Å². The van der Waals surface area contributed by atoms with E-state index in [0.29, 0.717) is 0 Å². The van der Waals surface area contributed by atoms with Gasteiger partial charge in [0, 0.05) is 24.8 Å². The minimum absolute atomic E-state index is 0. The molecule has 2 atom stereocenters. The van der Waals surface area contributed by atoms with E-state index in [1.54, 1.807) is 12.1 Å². The summed E-state index contributed by atoms with van der Waals surface area (Å²) in [5, 5.41) is 7.25. The van der Waals surface area contributed by atoms with Gasteiger partial charge in [0.25, 0.3) is 0 Å². The average molecular weight is 439 g/mol. The fourth-order valence-corrected chi connectivity index (χ4v) is 2.15. The molecule has 0 bridgehead atoms. The fraction of sp³-hybridized carbons (Fsp3) is 0.400. The summed E-state index contributed by atoms with van der Waals surface area (Å²) in [6.45, 7) is 2.60. The summed E-state index contributed by atoms with van der Waals surface area (Å²) < 4.78 is 23.1. The van der Waals surface area contributed by atoms with Gasteiger partial charge >= 0.3 is 26.2 Å². The first-order valence-corrected chi connectivity index (χ1v) is 9.27. The second-order valence-electron chi connectivity index (χ2n) is 4.32. The zero-order chi connectivity index (χ0) is 17.0. The van der Waals surface area contributed by atoms with E-state index in [1.165, 1.54) is 38.6 Å². The molecule has 13 heteroatoms. The zero-order valence-corrected chi connectivity index (χ0v) is 16.5. The van der Waals surface area contributed by atoms with Gasteiger partial charge in [0.05, 0.1) is 11.6 Å². The normalized spacial score (nSPS) is 14.2. The van der Waals surface area contributed by atoms with Crippen molar-refractivity contribution in [1.29, 1.82) is 0 Å². The van der Waals surface area contributed by atoms with Crippen molar-refractivity contribution in [1.82, 2.24) is 19.6 Å². The molecule has 0 saturated carbocycles. The minimum atomic E-state index is -4.55. The molecule has 124 valence electrons. The molecule has 0 amide bonds. The molecule has 23 heavy (non-hydrogen) atoms. The number of aromatic nitrogens is 4. The third-order valence-electron chi connectivity index (χ3n) is 2.73. The predicted octanol–water partition coefficient (Wildman–Crippen LogP) is -1.37. The molecule has 0 fully saturated rings. The van der Waals surface area contributed by atoms with E-state index >= 15 is 0 Å². The number of nitrogens with zero attached hydrogens (tertiary/aromatic N) is 4. The van der Waals surface area contributed by atoms with Gasteiger partial charge in [-0.1, -0.05) is 0 Å². The standard InChI is InChI=1S/2C5H9N2O3P.Zr/c2*1-5(11(8,9)10)7-4-2-3-6-7;/h2*2-5H,1H3,(H2,8,9,10);/q;;+4/p-4. The molecule has 0 aliphatic carbocycles. The molecule has 0 aromatic carbocycles. The molecule has 0 radical (unpaired) electrons. The van der Waals surface area contributed by atoms with Crippen LogP contribution in [0.25, 0.3) is 0 Å². The Morgan fingerprint density at radius 2 is 1.13 bits per heavy atom. The molecule has 0 N–H and O–H groups in total. The van der Waals surface area contributed by atoms with Crippen LogP contribution in [0.5, 0.6) is 0 Å². The van der Waals surface area contributed by atoms with E-state index in [-0.39, 0.29) is 26.2 Å². The smallest absolute Gasteiger partial charge is 0.809 e. The molecule has 0 aliphatic rings. The van der Waals surface area contributed by atoms with Gasteiger partial charge in [0.15, 0.2) is 0 Å². The fourth-order valence-electron chi connectivity index (χ4n) is 1.29. The van der Waals surface area contributed by atoms with Crippen LogP contribution in [0.3, 0.4) is 0 Å². The van der Waals surface area contributed by atoms with Crippen molar-refractivity contribution in [3.05, 3.63) is 36.9 Å². The Morgan fingerprint density at radius 1 is 0.826 bits per heavy atom. The second-order valence-corrected chi connectivity index (χ2v) is 7.97. The molecule has 2 aromatic heterocycles. The maximum Gasteiger partial charge on any atom is 4.00 e. The average Bonchev–Trinajstić information content (AvgIpc) is 3.08. The first-order chi connectivity index (χ1) is 10.0. The van der Waals surface area contributed by atoms with E-state index in [4.69, 9.17) is 0 Å². The van der Waals surface area contributed by atoms with Crippen LogP contribution in [-0.4, -0.2) is 19.6 Å². The minimum Gasteiger partial charge on any atom is -0.809 e. The molecule has 0 spiro atoms. The predicted molar refractivity (Wildman–Crippen MR) is 69.1 cm³/mol. The third-order valence-corrected chi connectivity index (χ3v) is 5.03. The first-order valence-electron chi connectivity index (χ1n) is 6.05. The van der Waals surface area contributed by atoms with Crippen LogP contribution in [0.4, 0.5) is 0 Å². The van der Waals surface area contributed by atoms with Crippen LogP contribution in [-0.2, 0) is 35.3 Å². The van der Waals surface area contributed by atoms with Gasteiger partial charge in [0.1, 0.15) is 0 Å². The molecule has 2 unspecified atom stereocenters. The van der Waals surface area contributed by atoms with E-state index in [0.717, 1.165) is 9.36 Å². The van der Waals surface area contributed by atoms with Gasteiger partial charge in [-0.25, -0.2) is 0 Å². The Morgan fingerprint density at radius 3 is 1.30 bits per heavy atom. The zero-order valence-electron chi connectivity index (χ0n) is 12.3. The third kappa shape index (κ3) is 7.35. The summed E-state index contributed by atoms with van der Waals surface area (Å²) in [5.74, 6) is -2.20. The van der Waals surface area contributed by atoms with Crippen molar-refractivity contribution < 1.29 is 54.9 Å². The number of rotatable bonds is 4. The largest absolute Gasteiger partial charge is 4.00 e. The Balaban J connectivity index is 0.000000403. The topological polar surface area (TPSA) is 162 Å². The number of hydrogen-bond donors (Lipinski definition) is 0. The SMILES string of the molecule is CC(n1cccn1)P(=O)([O-])[O-].CC(n1cccn1)P(=O)([O-])[O-].[Zr+4]. The molecule has 2 aromatic rings. The van der Waals surface area contributed by atoms with Crippen molar-refractivity contribution in [3.63, 3.8) is 0 Å². The van der Waals surface area contributed by atoms with Gasteiger partial charge in [-0.05, 0) is 41.2 Å². The van der Waals surface area contributed by atoms with Gasteiger partial charge < -0.3 is 28.7 Å². The second kappa shape index (κ2) is 9.18. The van der Waals surface area contributed by atoms with Crippen LogP contribution in [0.15, 0.2) is 36.9 Å². The maximum atomic E-state index is 10.4. The summed E-state index contributed by atoms with van der Waals surface area (Å²) in [7, 11) is -9.09. The summed E-state index contributed by atoms with van der Waals surface area (Å²) in [6, 6.07) is 3.12. The Kier molecular flexibility index (Phi) is 9.02. The molecular formula is C10H14N4O6P2Zr. The molecule has 0 saturated heterocycles. The summed E-state index contributed by atoms with van der Waals surface area (Å²) in [6.07, 6.45) is 5.72. The van der Waals surface area contributed by atoms with Gasteiger partial charge in [0.2, 0.25) is 0 Å². The Labute approximate surface area is 152 Å². The van der Waals surface area contributed by atoms with Gasteiger partial charge in [-0.15, -0.1) is 0 Å². The van der Waals surface area contributed by atoms with Crippen LogP contribution in [0, 0.1) is 0 Å². The van der Waals surface area contributed by atoms with Crippen LogP contribution < -0.4 is 19.6 Å². The summed E-state index contributed by atoms with van der Waals surface area (Å²) in [4.78, 5) is 41.8. The molecular weight excluding hydrogens is 425 g/mol. The summed E-state index contributed by atoms with van der Waals surface area (Å²) in [5.41, 5.74) is 0. The molecule has 0 aliphatic heterocycles. The van der Waals surface area contributed by atoms with Crippen molar-refractivity contribution in [2.24, 2.45) is 0 Å². The Bertz CT molecular complexity index is 595. The first kappa shape index (κ1) is 22.6. The van der Waals surface area contributed by atoms with E-state index in [9.17, 15) is 28.7 Å². The van der Waals surface area contributed by atoms with E-state index in [1.807, 2.05) is 0 Å². The Hall–Kier alpha value is -0.397. The van der Waals surface area contributed by atoms with E-state index < -0.39 is 26.8 Å². The monoisotopic (exact) mass is 438 g/mol. The molecule has 10 nitrogen and oxygen atoms in total. The molecule has 2 heterocycles. The molecule has 2 rings (SSSR count). The maximum absolute atomic E-state index is 10.4. The van der Waals surface area contributed by atoms with Crippen LogP contribution >= 0.6 is 15.2 Å². The number of hydrogen-bond acceptors (Lipinski definition) is 8. The van der Waals surface area contributed by atoms with E-state index in [2.05, 4.69) is 10.2 Å². The van der Waals surface area contributed by atoms with Crippen molar-refractivity contribution in [2.45, 2.75) is 25.4 Å². The van der Waals surface area contributed by atoms with Crippen LogP contribution in [0.2, 0.25) is 0 Å². The van der Waals surface area contributed by atoms with Crippen molar-refractivity contribution in [2.75, 3.05) is 0 Å². The quantitative estimate of drug-likeness (QED) is 0.527. The van der Waals surface area contributed by atoms with Gasteiger partial charge in [-0.3, -0.25) is 9.36 Å². The summed E-state index contributed by atoms with van der Waals surface area (Å²) >= 11 is 0. The van der Waals surface area contributed by atoms with Crippen molar-refractivity contribution >= 4 is 15.2 Å².